The summed E-state index contributed by atoms with van der Waals surface area (Å²) in [6.07, 6.45) is 0. The van der Waals surface area contributed by atoms with Gasteiger partial charge in [0.2, 0.25) is 5.91 Å². The zero-order valence-electron chi connectivity index (χ0n) is 18.5. The fraction of sp³-hybridized carbons (Fsp3) is 0.480. The number of carbonyl (C=O) groups is 1. The summed E-state index contributed by atoms with van der Waals surface area (Å²) < 4.78 is 5.55. The summed E-state index contributed by atoms with van der Waals surface area (Å²) in [6, 6.07) is 21.2. The van der Waals surface area contributed by atoms with Crippen molar-refractivity contribution in [1.29, 1.82) is 0 Å². The molecule has 31 heavy (non-hydrogen) atoms. The number of anilines is 1. The van der Waals surface area contributed by atoms with E-state index in [0.717, 1.165) is 52.5 Å². The van der Waals surface area contributed by atoms with Gasteiger partial charge in [0.1, 0.15) is 0 Å². The van der Waals surface area contributed by atoms with Crippen LogP contribution in [-0.4, -0.2) is 80.8 Å². The van der Waals surface area contributed by atoms with Gasteiger partial charge in [-0.05, 0) is 24.6 Å². The highest BCUT2D eigenvalue weighted by atomic mass is 16.5. The van der Waals surface area contributed by atoms with E-state index in [1.54, 1.807) is 0 Å². The van der Waals surface area contributed by atoms with Gasteiger partial charge in [0.25, 0.3) is 0 Å². The number of nitrogens with one attached hydrogen (secondary N) is 1. The molecule has 2 heterocycles. The summed E-state index contributed by atoms with van der Waals surface area (Å²) in [7, 11) is 0. The van der Waals surface area contributed by atoms with Crippen LogP contribution in [0.4, 0.5) is 5.69 Å². The molecule has 2 aliphatic heterocycles. The number of hydrogen-bond donors (Lipinski definition) is 1. The number of hydrogen-bond acceptors (Lipinski definition) is 5. The Kier molecular flexibility index (Phi) is 7.57. The number of benzene rings is 2. The first-order valence-electron chi connectivity index (χ1n) is 11.4. The number of para-hydroxylation sites is 1. The minimum absolute atomic E-state index is 0.0265. The molecule has 0 unspecified atom stereocenters. The van der Waals surface area contributed by atoms with Gasteiger partial charge < -0.3 is 15.0 Å². The van der Waals surface area contributed by atoms with Crippen LogP contribution in [0.2, 0.25) is 0 Å². The Balaban J connectivity index is 1.31. The van der Waals surface area contributed by atoms with Gasteiger partial charge in [-0.25, -0.2) is 0 Å². The predicted octanol–water partition coefficient (Wildman–Crippen LogP) is 2.39. The van der Waals surface area contributed by atoms with E-state index in [1.807, 2.05) is 12.1 Å². The van der Waals surface area contributed by atoms with Crippen molar-refractivity contribution in [3.8, 4) is 0 Å². The predicted molar refractivity (Wildman–Crippen MR) is 124 cm³/mol. The Labute approximate surface area is 185 Å². The van der Waals surface area contributed by atoms with E-state index in [2.05, 4.69) is 75.5 Å². The maximum Gasteiger partial charge on any atom is 0.234 e. The largest absolute Gasteiger partial charge is 0.379 e. The van der Waals surface area contributed by atoms with E-state index in [9.17, 15) is 4.79 Å². The second kappa shape index (κ2) is 10.8. The second-order valence-corrected chi connectivity index (χ2v) is 8.46. The molecule has 2 fully saturated rings. The topological polar surface area (TPSA) is 48.1 Å². The SMILES string of the molecule is C[C@H](NC(=O)CN1CCN(c2ccccc2)CC1)[C@@H](c1ccccc1)N1CCOCC1. The molecular weight excluding hydrogens is 388 g/mol. The van der Waals surface area contributed by atoms with E-state index in [0.29, 0.717) is 6.54 Å². The summed E-state index contributed by atoms with van der Waals surface area (Å²) in [5, 5.41) is 3.29. The highest BCUT2D eigenvalue weighted by Crippen LogP contribution is 2.25. The van der Waals surface area contributed by atoms with Gasteiger partial charge in [-0.3, -0.25) is 14.6 Å². The highest BCUT2D eigenvalue weighted by Gasteiger charge is 2.29. The van der Waals surface area contributed by atoms with Crippen molar-refractivity contribution in [2.75, 3.05) is 63.9 Å². The first kappa shape index (κ1) is 21.8. The van der Waals surface area contributed by atoms with Gasteiger partial charge in [-0.2, -0.15) is 0 Å². The van der Waals surface area contributed by atoms with E-state index < -0.39 is 0 Å². The molecule has 0 spiro atoms. The maximum absolute atomic E-state index is 12.9. The van der Waals surface area contributed by atoms with Crippen molar-refractivity contribution in [3.05, 3.63) is 66.2 Å². The Morgan fingerprint density at radius 2 is 1.52 bits per heavy atom. The molecule has 2 aromatic carbocycles. The summed E-state index contributed by atoms with van der Waals surface area (Å²) in [5.41, 5.74) is 2.50. The van der Waals surface area contributed by atoms with Gasteiger partial charge in [0.15, 0.2) is 0 Å². The summed E-state index contributed by atoms with van der Waals surface area (Å²) in [6.45, 7) is 9.56. The molecule has 0 aliphatic carbocycles. The minimum atomic E-state index is 0.0265. The first-order chi connectivity index (χ1) is 15.2. The minimum Gasteiger partial charge on any atom is -0.379 e. The quantitative estimate of drug-likeness (QED) is 0.743. The first-order valence-corrected chi connectivity index (χ1v) is 11.4. The number of carbonyl (C=O) groups excluding carboxylic acids is 1. The number of morpholine rings is 1. The van der Waals surface area contributed by atoms with Crippen molar-refractivity contribution in [2.24, 2.45) is 0 Å². The molecule has 0 saturated carbocycles. The average molecular weight is 423 g/mol. The van der Waals surface area contributed by atoms with Crippen molar-refractivity contribution < 1.29 is 9.53 Å². The molecule has 4 rings (SSSR count). The Hall–Kier alpha value is -2.41. The fourth-order valence-electron chi connectivity index (χ4n) is 4.71. The zero-order chi connectivity index (χ0) is 21.5. The summed E-state index contributed by atoms with van der Waals surface area (Å²) in [5.74, 6) is 0.106. The second-order valence-electron chi connectivity index (χ2n) is 8.46. The molecule has 0 radical (unpaired) electrons. The number of amides is 1. The molecule has 2 atom stereocenters. The van der Waals surface area contributed by atoms with E-state index in [-0.39, 0.29) is 18.0 Å². The lowest BCUT2D eigenvalue weighted by molar-refractivity contribution is -0.123. The number of rotatable bonds is 7. The van der Waals surface area contributed by atoms with Crippen LogP contribution in [0.1, 0.15) is 18.5 Å². The van der Waals surface area contributed by atoms with Crippen LogP contribution in [0.25, 0.3) is 0 Å². The lowest BCUT2D eigenvalue weighted by Crippen LogP contribution is -2.52. The Morgan fingerprint density at radius 1 is 0.903 bits per heavy atom. The third-order valence-electron chi connectivity index (χ3n) is 6.30. The molecule has 2 aliphatic rings. The Morgan fingerprint density at radius 3 is 2.16 bits per heavy atom. The Bertz CT molecular complexity index is 803. The fourth-order valence-corrected chi connectivity index (χ4v) is 4.71. The molecule has 2 saturated heterocycles. The normalized spacial score (nSPS) is 20.2. The van der Waals surface area contributed by atoms with Crippen molar-refractivity contribution in [3.63, 3.8) is 0 Å². The molecule has 0 bridgehead atoms. The van der Waals surface area contributed by atoms with E-state index >= 15 is 0 Å². The summed E-state index contributed by atoms with van der Waals surface area (Å²) >= 11 is 0. The number of ether oxygens (including phenoxy) is 1. The van der Waals surface area contributed by atoms with Gasteiger partial charge in [-0.15, -0.1) is 0 Å². The molecular formula is C25H34N4O2. The van der Waals surface area contributed by atoms with Crippen LogP contribution in [0.15, 0.2) is 60.7 Å². The zero-order valence-corrected chi connectivity index (χ0v) is 18.5. The lowest BCUT2D eigenvalue weighted by Gasteiger charge is -2.39. The molecule has 6 heteroatoms. The van der Waals surface area contributed by atoms with Crippen molar-refractivity contribution >= 4 is 11.6 Å². The van der Waals surface area contributed by atoms with Gasteiger partial charge in [0.05, 0.1) is 25.8 Å². The molecule has 6 nitrogen and oxygen atoms in total. The van der Waals surface area contributed by atoms with Crippen LogP contribution in [0.5, 0.6) is 0 Å². The summed E-state index contributed by atoms with van der Waals surface area (Å²) in [4.78, 5) is 20.0. The van der Waals surface area contributed by atoms with Gasteiger partial charge in [-0.1, -0.05) is 48.5 Å². The number of piperazine rings is 1. The molecule has 1 N–H and O–H groups in total. The third-order valence-corrected chi connectivity index (χ3v) is 6.30. The van der Waals surface area contributed by atoms with Crippen molar-refractivity contribution in [1.82, 2.24) is 15.1 Å². The van der Waals surface area contributed by atoms with E-state index in [1.165, 1.54) is 11.3 Å². The molecule has 0 aromatic heterocycles. The monoisotopic (exact) mass is 422 g/mol. The van der Waals surface area contributed by atoms with Gasteiger partial charge >= 0.3 is 0 Å². The highest BCUT2D eigenvalue weighted by molar-refractivity contribution is 5.78. The smallest absolute Gasteiger partial charge is 0.234 e. The maximum atomic E-state index is 12.9. The standard InChI is InChI=1S/C25H34N4O2/c1-21(25(22-8-4-2-5-9-22)29-16-18-31-19-17-29)26-24(30)20-27-12-14-28(15-13-27)23-10-6-3-7-11-23/h2-11,21,25H,12-20H2,1H3,(H,26,30)/t21-,25-/m0/s1. The lowest BCUT2D eigenvalue weighted by atomic mass is 9.98. The third kappa shape index (κ3) is 5.85. The molecule has 2 aromatic rings. The van der Waals surface area contributed by atoms with Crippen LogP contribution in [-0.2, 0) is 9.53 Å². The van der Waals surface area contributed by atoms with Crippen molar-refractivity contribution in [2.45, 2.75) is 19.0 Å². The van der Waals surface area contributed by atoms with Crippen LogP contribution < -0.4 is 10.2 Å². The van der Waals surface area contributed by atoms with Crippen LogP contribution >= 0.6 is 0 Å². The molecule has 1 amide bonds. The van der Waals surface area contributed by atoms with Crippen LogP contribution in [0, 0.1) is 0 Å². The average Bonchev–Trinajstić information content (AvgIpc) is 2.82. The number of nitrogens with zero attached hydrogens (tertiary/aromatic N) is 3. The van der Waals surface area contributed by atoms with Gasteiger partial charge in [0, 0.05) is 51.0 Å². The van der Waals surface area contributed by atoms with E-state index in [4.69, 9.17) is 4.74 Å². The molecule has 166 valence electrons. The van der Waals surface area contributed by atoms with Crippen LogP contribution in [0.3, 0.4) is 0 Å².